The van der Waals surface area contributed by atoms with Crippen molar-refractivity contribution in [1.29, 1.82) is 0 Å². The molecule has 0 radical (unpaired) electrons. The molecule has 1 aromatic rings. The summed E-state index contributed by atoms with van der Waals surface area (Å²) in [6.07, 6.45) is 3.50. The van der Waals surface area contributed by atoms with Crippen LogP contribution in [0.3, 0.4) is 0 Å². The van der Waals surface area contributed by atoms with Crippen molar-refractivity contribution in [2.75, 3.05) is 0 Å². The molecule has 1 heterocycles. The van der Waals surface area contributed by atoms with Crippen LogP contribution in [0.1, 0.15) is 57.1 Å². The summed E-state index contributed by atoms with van der Waals surface area (Å²) < 4.78 is 18.8. The van der Waals surface area contributed by atoms with Crippen LogP contribution in [0.5, 0.6) is 0 Å². The predicted octanol–water partition coefficient (Wildman–Crippen LogP) is 2.25. The fraction of sp³-hybridized carbons (Fsp3) is 0.545. The Kier molecular flexibility index (Phi) is 5.58. The van der Waals surface area contributed by atoms with Gasteiger partial charge < -0.3 is 10.1 Å². The Morgan fingerprint density at radius 2 is 1.60 bits per heavy atom. The van der Waals surface area contributed by atoms with Gasteiger partial charge in [-0.2, -0.15) is 0 Å². The van der Waals surface area contributed by atoms with Crippen LogP contribution in [-0.4, -0.2) is 40.7 Å². The molecule has 3 unspecified atom stereocenters. The molecule has 3 fully saturated rings. The van der Waals surface area contributed by atoms with Crippen molar-refractivity contribution < 1.29 is 28.3 Å². The molecule has 7 nitrogen and oxygen atoms in total. The van der Waals surface area contributed by atoms with Gasteiger partial charge in [0.2, 0.25) is 17.9 Å². The molecule has 8 heteroatoms. The normalized spacial score (nSPS) is 25.5. The van der Waals surface area contributed by atoms with Crippen LogP contribution in [0, 0.1) is 17.7 Å². The van der Waals surface area contributed by atoms with E-state index in [1.165, 1.54) is 31.2 Å². The van der Waals surface area contributed by atoms with E-state index in [1.807, 2.05) is 0 Å². The average Bonchev–Trinajstić information content (AvgIpc) is 3.52. The highest BCUT2D eigenvalue weighted by Crippen LogP contribution is 2.39. The lowest BCUT2D eigenvalue weighted by Crippen LogP contribution is -2.45. The third-order valence-corrected chi connectivity index (χ3v) is 6.17. The summed E-state index contributed by atoms with van der Waals surface area (Å²) in [5.74, 6) is -3.23. The molecular weight excluding hydrogens is 391 g/mol. The molecule has 2 aliphatic carbocycles. The number of imide groups is 1. The summed E-state index contributed by atoms with van der Waals surface area (Å²) in [5.41, 5.74) is 0.322. The number of ether oxygens (including phenoxy) is 1. The van der Waals surface area contributed by atoms with E-state index in [2.05, 4.69) is 5.32 Å². The van der Waals surface area contributed by atoms with E-state index in [0.29, 0.717) is 18.4 Å². The Bertz CT molecular complexity index is 843. The van der Waals surface area contributed by atoms with Crippen LogP contribution in [0.4, 0.5) is 4.39 Å². The lowest BCUT2D eigenvalue weighted by Gasteiger charge is -2.25. The van der Waals surface area contributed by atoms with E-state index >= 15 is 0 Å². The zero-order valence-electron chi connectivity index (χ0n) is 16.8. The number of rotatable bonds is 6. The Morgan fingerprint density at radius 1 is 1.03 bits per heavy atom. The Labute approximate surface area is 173 Å². The number of hydrogen-bond donors (Lipinski definition) is 1. The second-order valence-corrected chi connectivity index (χ2v) is 8.37. The van der Waals surface area contributed by atoms with Gasteiger partial charge in [0.15, 0.2) is 0 Å². The van der Waals surface area contributed by atoms with E-state index in [4.69, 9.17) is 4.74 Å². The van der Waals surface area contributed by atoms with Gasteiger partial charge in [0, 0.05) is 11.6 Å². The number of nitrogens with one attached hydrogen (secondary N) is 1. The molecule has 0 bridgehead atoms. The number of halogens is 1. The van der Waals surface area contributed by atoms with Crippen LogP contribution >= 0.6 is 0 Å². The first-order valence-corrected chi connectivity index (χ1v) is 10.5. The largest absolute Gasteiger partial charge is 0.446 e. The maximum atomic E-state index is 13.3. The number of fused-ring (bicyclic) bond motifs is 1. The molecule has 4 atom stereocenters. The second-order valence-electron chi connectivity index (χ2n) is 8.37. The number of likely N-dealkylation sites (tertiary alicyclic amines) is 1. The van der Waals surface area contributed by atoms with Crippen LogP contribution in [-0.2, 0) is 23.9 Å². The van der Waals surface area contributed by atoms with Crippen LogP contribution < -0.4 is 5.32 Å². The number of carbonyl (C=O) groups excluding carboxylic acids is 4. The number of benzene rings is 1. The van der Waals surface area contributed by atoms with Crippen molar-refractivity contribution in [1.82, 2.24) is 10.2 Å². The minimum absolute atomic E-state index is 0.0430. The standard InChI is InChI=1S/C22H25FN2O5/c1-12(25-20(27)16-4-2-3-5-17(16)21(25)28)22(29)30-18(19(26)24-15-10-11-15)13-6-8-14(23)9-7-13/h6-9,12,15-18H,2-5,10-11H2,1H3,(H,24,26)/t12-,16?,17?,18?/m0/s1. The topological polar surface area (TPSA) is 92.8 Å². The van der Waals surface area contributed by atoms with Crippen LogP contribution in [0.2, 0.25) is 0 Å². The van der Waals surface area contributed by atoms with Crippen LogP contribution in [0.25, 0.3) is 0 Å². The average molecular weight is 416 g/mol. The Morgan fingerprint density at radius 3 is 2.13 bits per heavy atom. The van der Waals surface area contributed by atoms with E-state index in [1.54, 1.807) is 0 Å². The maximum absolute atomic E-state index is 13.3. The Balaban J connectivity index is 1.51. The van der Waals surface area contributed by atoms with Crippen molar-refractivity contribution >= 4 is 23.7 Å². The zero-order valence-corrected chi connectivity index (χ0v) is 16.8. The molecule has 0 spiro atoms. The highest BCUT2D eigenvalue weighted by molar-refractivity contribution is 6.07. The minimum Gasteiger partial charge on any atom is -0.446 e. The number of hydrogen-bond acceptors (Lipinski definition) is 5. The van der Waals surface area contributed by atoms with Crippen molar-refractivity contribution in [2.45, 2.75) is 63.6 Å². The van der Waals surface area contributed by atoms with Crippen molar-refractivity contribution in [3.63, 3.8) is 0 Å². The minimum atomic E-state index is -1.28. The monoisotopic (exact) mass is 416 g/mol. The lowest BCUT2D eigenvalue weighted by atomic mass is 9.81. The molecule has 1 aromatic carbocycles. The molecular formula is C22H25FN2O5. The second kappa shape index (κ2) is 8.16. The van der Waals surface area contributed by atoms with Gasteiger partial charge in [-0.3, -0.25) is 19.3 Å². The summed E-state index contributed by atoms with van der Waals surface area (Å²) in [6.45, 7) is 1.44. The van der Waals surface area contributed by atoms with Crippen LogP contribution in [0.15, 0.2) is 24.3 Å². The first-order chi connectivity index (χ1) is 14.4. The van der Waals surface area contributed by atoms with Gasteiger partial charge in [0.25, 0.3) is 5.91 Å². The maximum Gasteiger partial charge on any atom is 0.330 e. The van der Waals surface area contributed by atoms with Gasteiger partial charge in [-0.25, -0.2) is 9.18 Å². The zero-order chi connectivity index (χ0) is 21.4. The van der Waals surface area contributed by atoms with Crippen molar-refractivity contribution in [3.05, 3.63) is 35.6 Å². The summed E-state index contributed by atoms with van der Waals surface area (Å²) in [7, 11) is 0. The summed E-state index contributed by atoms with van der Waals surface area (Å²) in [5, 5.41) is 2.78. The summed E-state index contributed by atoms with van der Waals surface area (Å²) in [6, 6.07) is 4.04. The first-order valence-electron chi connectivity index (χ1n) is 10.5. The van der Waals surface area contributed by atoms with Crippen molar-refractivity contribution in [2.24, 2.45) is 11.8 Å². The number of amides is 3. The molecule has 0 aromatic heterocycles. The smallest absolute Gasteiger partial charge is 0.330 e. The molecule has 30 heavy (non-hydrogen) atoms. The van der Waals surface area contributed by atoms with Gasteiger partial charge >= 0.3 is 5.97 Å². The van der Waals surface area contributed by atoms with Gasteiger partial charge in [-0.05, 0) is 44.7 Å². The first kappa shape index (κ1) is 20.5. The van der Waals surface area contributed by atoms with Gasteiger partial charge in [0.05, 0.1) is 11.8 Å². The third kappa shape index (κ3) is 3.95. The quantitative estimate of drug-likeness (QED) is 0.567. The SMILES string of the molecule is C[C@@H](C(=O)OC(C(=O)NC1CC1)c1ccc(F)cc1)N1C(=O)C2CCCCC2C1=O. The van der Waals surface area contributed by atoms with Gasteiger partial charge in [-0.1, -0.05) is 25.0 Å². The molecule has 1 aliphatic heterocycles. The predicted molar refractivity (Wildman–Crippen MR) is 103 cm³/mol. The summed E-state index contributed by atoms with van der Waals surface area (Å²) in [4.78, 5) is 52.0. The molecule has 160 valence electrons. The molecule has 1 saturated heterocycles. The fourth-order valence-electron chi connectivity index (χ4n) is 4.30. The molecule has 3 amide bonds. The highest BCUT2D eigenvalue weighted by Gasteiger charge is 2.51. The molecule has 4 rings (SSSR count). The van der Waals surface area contributed by atoms with E-state index < -0.39 is 29.8 Å². The third-order valence-electron chi connectivity index (χ3n) is 6.17. The van der Waals surface area contributed by atoms with E-state index in [0.717, 1.165) is 30.6 Å². The molecule has 2 saturated carbocycles. The van der Waals surface area contributed by atoms with Gasteiger partial charge in [-0.15, -0.1) is 0 Å². The number of nitrogens with zero attached hydrogens (tertiary/aromatic N) is 1. The van der Waals surface area contributed by atoms with Gasteiger partial charge in [0.1, 0.15) is 11.9 Å². The molecule has 3 aliphatic rings. The summed E-state index contributed by atoms with van der Waals surface area (Å²) >= 11 is 0. The fourth-order valence-corrected chi connectivity index (χ4v) is 4.30. The molecule has 1 N–H and O–H groups in total. The van der Waals surface area contributed by atoms with E-state index in [-0.39, 0.29) is 29.7 Å². The Hall–Kier alpha value is -2.77. The lowest BCUT2D eigenvalue weighted by molar-refractivity contribution is -0.165. The van der Waals surface area contributed by atoms with Crippen molar-refractivity contribution in [3.8, 4) is 0 Å². The number of esters is 1. The number of carbonyl (C=O) groups is 4. The van der Waals surface area contributed by atoms with E-state index in [9.17, 15) is 23.6 Å². The highest BCUT2D eigenvalue weighted by atomic mass is 19.1.